The highest BCUT2D eigenvalue weighted by atomic mass is 32.2. The Morgan fingerprint density at radius 1 is 1.02 bits per heavy atom. The minimum atomic E-state index is -4.47. The standard InChI is InChI=1S/C28H34N4O7S/c1-18(29-25-16-24(30-19(2)31-25)21-11-8-12-22(14-21)37-6)20-10-9-13-23(15-20)40(35,36)32(17-26(33)38-7)27(34)39-28(3,4)5/h8-16,18H,17H2,1-7H3,(H,29,30,31). The molecule has 1 N–H and O–H groups in total. The first-order valence-electron chi connectivity index (χ1n) is 12.4. The molecule has 11 nitrogen and oxygen atoms in total. The van der Waals surface area contributed by atoms with Crippen LogP contribution in [-0.4, -0.2) is 61.1 Å². The zero-order valence-electron chi connectivity index (χ0n) is 23.6. The normalized spacial score (nSPS) is 12.3. The molecule has 0 aliphatic rings. The van der Waals surface area contributed by atoms with E-state index in [1.807, 2.05) is 31.2 Å². The Morgan fingerprint density at radius 2 is 1.73 bits per heavy atom. The summed E-state index contributed by atoms with van der Waals surface area (Å²) < 4.78 is 42.6. The van der Waals surface area contributed by atoms with E-state index in [-0.39, 0.29) is 4.90 Å². The fourth-order valence-electron chi connectivity index (χ4n) is 3.69. The molecule has 1 heterocycles. The number of hydrogen-bond acceptors (Lipinski definition) is 10. The van der Waals surface area contributed by atoms with Gasteiger partial charge in [0.05, 0.1) is 24.8 Å². The van der Waals surface area contributed by atoms with Crippen LogP contribution in [0.5, 0.6) is 5.75 Å². The van der Waals surface area contributed by atoms with Crippen LogP contribution in [-0.2, 0) is 24.3 Å². The number of sulfonamides is 1. The summed E-state index contributed by atoms with van der Waals surface area (Å²) in [5.74, 6) is 0.864. The van der Waals surface area contributed by atoms with Gasteiger partial charge in [0.2, 0.25) is 0 Å². The number of benzene rings is 2. The molecule has 1 unspecified atom stereocenters. The number of carbonyl (C=O) groups excluding carboxylic acids is 2. The van der Waals surface area contributed by atoms with Gasteiger partial charge in [-0.15, -0.1) is 0 Å². The molecule has 0 bridgehead atoms. The molecule has 0 saturated carbocycles. The highest BCUT2D eigenvalue weighted by Gasteiger charge is 2.35. The molecule has 3 aromatic rings. The first-order valence-corrected chi connectivity index (χ1v) is 13.9. The SMILES string of the molecule is COC(=O)CN(C(=O)OC(C)(C)C)S(=O)(=O)c1cccc(C(C)Nc2cc(-c3cccc(OC)c3)nc(C)n2)c1. The molecule has 0 radical (unpaired) electrons. The van der Waals surface area contributed by atoms with Gasteiger partial charge in [-0.1, -0.05) is 24.3 Å². The second-order valence-corrected chi connectivity index (χ2v) is 11.8. The number of aryl methyl sites for hydroxylation is 1. The monoisotopic (exact) mass is 570 g/mol. The van der Waals surface area contributed by atoms with Crippen LogP contribution in [0.25, 0.3) is 11.3 Å². The van der Waals surface area contributed by atoms with Gasteiger partial charge in [-0.25, -0.2) is 23.2 Å². The minimum absolute atomic E-state index is 0.190. The van der Waals surface area contributed by atoms with Crippen molar-refractivity contribution in [1.29, 1.82) is 0 Å². The summed E-state index contributed by atoms with van der Waals surface area (Å²) in [4.78, 5) is 33.6. The number of hydrogen-bond donors (Lipinski definition) is 1. The maximum absolute atomic E-state index is 13.5. The van der Waals surface area contributed by atoms with Crippen molar-refractivity contribution < 1.29 is 32.2 Å². The molecule has 0 aliphatic heterocycles. The van der Waals surface area contributed by atoms with Gasteiger partial charge in [0.1, 0.15) is 29.5 Å². The van der Waals surface area contributed by atoms with Crippen LogP contribution < -0.4 is 10.1 Å². The zero-order valence-corrected chi connectivity index (χ0v) is 24.4. The van der Waals surface area contributed by atoms with E-state index in [1.54, 1.807) is 53.0 Å². The summed E-state index contributed by atoms with van der Waals surface area (Å²) in [5.41, 5.74) is 1.15. The second kappa shape index (κ2) is 12.3. The Hall–Kier alpha value is -4.19. The first-order chi connectivity index (χ1) is 18.7. The van der Waals surface area contributed by atoms with Gasteiger partial charge in [0.25, 0.3) is 10.0 Å². The van der Waals surface area contributed by atoms with Crippen molar-refractivity contribution in [3.8, 4) is 17.0 Å². The third-order valence-corrected chi connectivity index (χ3v) is 7.32. The lowest BCUT2D eigenvalue weighted by molar-refractivity contribution is -0.140. The highest BCUT2D eigenvalue weighted by molar-refractivity contribution is 7.89. The molecule has 1 amide bonds. The number of amides is 1. The predicted octanol–water partition coefficient (Wildman–Crippen LogP) is 4.73. The predicted molar refractivity (Wildman–Crippen MR) is 149 cm³/mol. The summed E-state index contributed by atoms with van der Waals surface area (Å²) in [5, 5.41) is 3.28. The lowest BCUT2D eigenvalue weighted by Crippen LogP contribution is -2.43. The molecule has 1 aromatic heterocycles. The molecule has 0 fully saturated rings. The Kier molecular flexibility index (Phi) is 9.36. The number of rotatable bonds is 9. The Labute approximate surface area is 234 Å². The summed E-state index contributed by atoms with van der Waals surface area (Å²) in [7, 11) is -1.78. The first kappa shape index (κ1) is 30.4. The van der Waals surface area contributed by atoms with Crippen molar-refractivity contribution in [2.75, 3.05) is 26.1 Å². The van der Waals surface area contributed by atoms with Crippen LogP contribution in [0.3, 0.4) is 0 Å². The van der Waals surface area contributed by atoms with E-state index in [0.717, 1.165) is 12.7 Å². The van der Waals surface area contributed by atoms with Gasteiger partial charge in [-0.2, -0.15) is 4.31 Å². The van der Waals surface area contributed by atoms with Crippen molar-refractivity contribution >= 4 is 27.9 Å². The van der Waals surface area contributed by atoms with Gasteiger partial charge in [0, 0.05) is 17.7 Å². The van der Waals surface area contributed by atoms with Gasteiger partial charge < -0.3 is 19.5 Å². The Bertz CT molecular complexity index is 1490. The number of esters is 1. The second-order valence-electron chi connectivity index (χ2n) is 9.92. The van der Waals surface area contributed by atoms with E-state index in [9.17, 15) is 18.0 Å². The molecule has 12 heteroatoms. The van der Waals surface area contributed by atoms with Crippen molar-refractivity contribution in [3.63, 3.8) is 0 Å². The fraction of sp³-hybridized carbons (Fsp3) is 0.357. The van der Waals surface area contributed by atoms with Crippen LogP contribution in [0.15, 0.2) is 59.5 Å². The minimum Gasteiger partial charge on any atom is -0.497 e. The summed E-state index contributed by atoms with van der Waals surface area (Å²) in [6.45, 7) is 7.57. The van der Waals surface area contributed by atoms with Crippen LogP contribution in [0.2, 0.25) is 0 Å². The number of anilines is 1. The summed E-state index contributed by atoms with van der Waals surface area (Å²) in [6.07, 6.45) is -1.18. The van der Waals surface area contributed by atoms with Crippen molar-refractivity contribution in [2.45, 2.75) is 51.2 Å². The van der Waals surface area contributed by atoms with E-state index in [1.165, 1.54) is 12.1 Å². The van der Waals surface area contributed by atoms with E-state index in [0.29, 0.717) is 33.0 Å². The lowest BCUT2D eigenvalue weighted by atomic mass is 10.1. The van der Waals surface area contributed by atoms with Crippen LogP contribution >= 0.6 is 0 Å². The average molecular weight is 571 g/mol. The van der Waals surface area contributed by atoms with Gasteiger partial charge in [-0.05, 0) is 64.4 Å². The number of nitrogens with zero attached hydrogens (tertiary/aromatic N) is 3. The maximum Gasteiger partial charge on any atom is 0.424 e. The number of methoxy groups -OCH3 is 2. The van der Waals surface area contributed by atoms with Gasteiger partial charge in [0.15, 0.2) is 0 Å². The average Bonchev–Trinajstić information content (AvgIpc) is 2.90. The van der Waals surface area contributed by atoms with E-state index in [4.69, 9.17) is 9.47 Å². The summed E-state index contributed by atoms with van der Waals surface area (Å²) in [6, 6.07) is 15.0. The van der Waals surface area contributed by atoms with Crippen molar-refractivity contribution in [2.24, 2.45) is 0 Å². The molecule has 0 spiro atoms. The van der Waals surface area contributed by atoms with Crippen molar-refractivity contribution in [1.82, 2.24) is 14.3 Å². The lowest BCUT2D eigenvalue weighted by Gasteiger charge is -2.26. The summed E-state index contributed by atoms with van der Waals surface area (Å²) >= 11 is 0. The highest BCUT2D eigenvalue weighted by Crippen LogP contribution is 2.27. The fourth-order valence-corrected chi connectivity index (χ4v) is 4.99. The number of ether oxygens (including phenoxy) is 3. The quantitative estimate of drug-likeness (QED) is 0.359. The molecular weight excluding hydrogens is 536 g/mol. The third kappa shape index (κ3) is 7.69. The van der Waals surface area contributed by atoms with Crippen molar-refractivity contribution in [3.05, 3.63) is 66.0 Å². The van der Waals surface area contributed by atoms with Gasteiger partial charge in [-0.3, -0.25) is 4.79 Å². The van der Waals surface area contributed by atoms with Crippen LogP contribution in [0.4, 0.5) is 10.6 Å². The largest absolute Gasteiger partial charge is 0.497 e. The third-order valence-electron chi connectivity index (χ3n) is 5.61. The van der Waals surface area contributed by atoms with E-state index < -0.39 is 40.3 Å². The molecule has 0 aliphatic carbocycles. The van der Waals surface area contributed by atoms with Crippen LogP contribution in [0.1, 0.15) is 45.1 Å². The molecule has 0 saturated heterocycles. The molecule has 1 atom stereocenters. The van der Waals surface area contributed by atoms with Crippen LogP contribution in [0, 0.1) is 6.92 Å². The molecule has 3 rings (SSSR count). The smallest absolute Gasteiger partial charge is 0.424 e. The molecule has 2 aromatic carbocycles. The molecule has 214 valence electrons. The number of aromatic nitrogens is 2. The molecule has 40 heavy (non-hydrogen) atoms. The van der Waals surface area contributed by atoms with E-state index in [2.05, 4.69) is 20.0 Å². The Morgan fingerprint density at radius 3 is 2.38 bits per heavy atom. The maximum atomic E-state index is 13.5. The number of carbonyl (C=O) groups is 2. The topological polar surface area (TPSA) is 137 Å². The van der Waals surface area contributed by atoms with E-state index >= 15 is 0 Å². The zero-order chi connectivity index (χ0) is 29.7. The van der Waals surface area contributed by atoms with Gasteiger partial charge >= 0.3 is 12.1 Å². The Balaban J connectivity index is 1.91. The number of nitrogens with one attached hydrogen (secondary N) is 1. The molecular formula is C28H34N4O7S.